The summed E-state index contributed by atoms with van der Waals surface area (Å²) in [6.07, 6.45) is -7.49. The summed E-state index contributed by atoms with van der Waals surface area (Å²) in [7, 11) is 0. The van der Waals surface area contributed by atoms with E-state index in [2.05, 4.69) is 35.5 Å². The Morgan fingerprint density at radius 2 is 2.03 bits per heavy atom. The van der Waals surface area contributed by atoms with Gasteiger partial charge in [0.25, 0.3) is 6.43 Å². The number of carbonyl (C=O) groups excluding carboxylic acids is 1. The number of imidazole rings is 1. The molecule has 3 atom stereocenters. The number of anilines is 2. The Balaban J connectivity index is 1.30. The number of amides is 1. The van der Waals surface area contributed by atoms with Gasteiger partial charge in [-0.3, -0.25) is 14.2 Å². The molecule has 0 bridgehead atoms. The van der Waals surface area contributed by atoms with Gasteiger partial charge < -0.3 is 15.4 Å². The van der Waals surface area contributed by atoms with Crippen LogP contribution < -0.4 is 10.6 Å². The predicted molar refractivity (Wildman–Crippen MR) is 119 cm³/mol. The van der Waals surface area contributed by atoms with E-state index >= 15 is 4.39 Å². The minimum absolute atomic E-state index is 0.0905. The third-order valence-corrected chi connectivity index (χ3v) is 6.53. The highest BCUT2D eigenvalue weighted by atomic mass is 19.4. The van der Waals surface area contributed by atoms with Crippen LogP contribution in [-0.4, -0.2) is 54.8 Å². The molecule has 38 heavy (non-hydrogen) atoms. The van der Waals surface area contributed by atoms with E-state index in [0.717, 1.165) is 25.1 Å². The molecule has 1 amide bonds. The Hall–Kier alpha value is -3.56. The standard InChI is InChI=1S/C22H23F6N7O3/c1-21(4-5-21)32-20(36)38-14-3-2-11(17(14)23)12-6-15(34-33-12)31-19-30-13(18(24)25)7-16-29-10(8-35(16)19)9-37-22(26,27)28/h6-8,11,14,17-18H,2-5,9H2,1H3,(H,32,36)(H2,30,31,33,34)/t11-,14-,17-/m1/s1. The fraction of sp³-hybridized carbons (Fsp3) is 0.545. The highest BCUT2D eigenvalue weighted by Gasteiger charge is 2.43. The average molecular weight is 547 g/mol. The summed E-state index contributed by atoms with van der Waals surface area (Å²) in [4.78, 5) is 19.8. The summed E-state index contributed by atoms with van der Waals surface area (Å²) in [6, 6.07) is 2.40. The van der Waals surface area contributed by atoms with Gasteiger partial charge in [0, 0.05) is 35.5 Å². The maximum absolute atomic E-state index is 15.1. The lowest BCUT2D eigenvalue weighted by Crippen LogP contribution is -2.38. The van der Waals surface area contributed by atoms with Gasteiger partial charge in [-0.15, -0.1) is 13.2 Å². The summed E-state index contributed by atoms with van der Waals surface area (Å²) in [6.45, 7) is 0.944. The number of carbonyl (C=O) groups is 1. The van der Waals surface area contributed by atoms with Crippen LogP contribution in [-0.2, 0) is 16.1 Å². The van der Waals surface area contributed by atoms with E-state index in [1.54, 1.807) is 0 Å². The molecular weight excluding hydrogens is 524 g/mol. The molecule has 2 fully saturated rings. The van der Waals surface area contributed by atoms with E-state index in [4.69, 9.17) is 4.74 Å². The Bertz CT molecular complexity index is 1320. The predicted octanol–water partition coefficient (Wildman–Crippen LogP) is 5.03. The van der Waals surface area contributed by atoms with Crippen LogP contribution in [0.3, 0.4) is 0 Å². The number of H-pyrrole nitrogens is 1. The minimum atomic E-state index is -4.90. The monoisotopic (exact) mass is 547 g/mol. The number of fused-ring (bicyclic) bond motifs is 1. The van der Waals surface area contributed by atoms with Crippen molar-refractivity contribution in [2.75, 3.05) is 5.32 Å². The fourth-order valence-corrected chi connectivity index (χ4v) is 4.29. The van der Waals surface area contributed by atoms with Gasteiger partial charge in [0.15, 0.2) is 5.82 Å². The molecule has 16 heteroatoms. The molecule has 0 spiro atoms. The van der Waals surface area contributed by atoms with E-state index in [1.807, 2.05) is 6.92 Å². The fourth-order valence-electron chi connectivity index (χ4n) is 4.29. The van der Waals surface area contributed by atoms with Gasteiger partial charge in [-0.05, 0) is 32.6 Å². The smallest absolute Gasteiger partial charge is 0.443 e. The molecule has 0 unspecified atom stereocenters. The second kappa shape index (κ2) is 9.63. The van der Waals surface area contributed by atoms with Gasteiger partial charge in [-0.25, -0.2) is 27.9 Å². The molecule has 2 aliphatic carbocycles. The van der Waals surface area contributed by atoms with E-state index in [0.29, 0.717) is 18.5 Å². The number of nitrogens with zero attached hydrogens (tertiary/aromatic N) is 4. The topological polar surface area (TPSA) is 118 Å². The number of alkyl halides is 6. The van der Waals surface area contributed by atoms with Gasteiger partial charge in [-0.1, -0.05) is 0 Å². The lowest BCUT2D eigenvalue weighted by Gasteiger charge is -2.19. The van der Waals surface area contributed by atoms with Crippen molar-refractivity contribution < 1.29 is 40.6 Å². The summed E-state index contributed by atoms with van der Waals surface area (Å²) in [5, 5.41) is 12.2. The number of aromatic amines is 1. The Labute approximate surface area is 211 Å². The van der Waals surface area contributed by atoms with Crippen LogP contribution in [0.5, 0.6) is 0 Å². The van der Waals surface area contributed by atoms with E-state index < -0.39 is 49.4 Å². The van der Waals surface area contributed by atoms with Crippen molar-refractivity contribution in [3.63, 3.8) is 0 Å². The second-order valence-electron chi connectivity index (χ2n) is 9.59. The number of nitrogens with one attached hydrogen (secondary N) is 3. The van der Waals surface area contributed by atoms with Gasteiger partial charge >= 0.3 is 12.5 Å². The zero-order chi connectivity index (χ0) is 27.2. The van der Waals surface area contributed by atoms with Gasteiger partial charge in [-0.2, -0.15) is 5.10 Å². The summed E-state index contributed by atoms with van der Waals surface area (Å²) >= 11 is 0. The molecule has 0 aliphatic heterocycles. The first-order chi connectivity index (χ1) is 17.9. The first-order valence-electron chi connectivity index (χ1n) is 11.7. The maximum atomic E-state index is 15.1. The van der Waals surface area contributed by atoms with E-state index in [9.17, 15) is 26.7 Å². The first-order valence-corrected chi connectivity index (χ1v) is 11.7. The number of hydrogen-bond donors (Lipinski definition) is 3. The highest BCUT2D eigenvalue weighted by Crippen LogP contribution is 2.39. The summed E-state index contributed by atoms with van der Waals surface area (Å²) in [5.74, 6) is -0.763. The molecule has 10 nitrogen and oxygen atoms in total. The number of rotatable bonds is 8. The molecule has 3 N–H and O–H groups in total. The molecule has 0 radical (unpaired) electrons. The third-order valence-electron chi connectivity index (χ3n) is 6.53. The van der Waals surface area contributed by atoms with Gasteiger partial charge in [0.2, 0.25) is 5.95 Å². The largest absolute Gasteiger partial charge is 0.522 e. The number of alkyl carbamates (subject to hydrolysis) is 1. The van der Waals surface area contributed by atoms with Crippen molar-refractivity contribution in [2.24, 2.45) is 0 Å². The molecule has 206 valence electrons. The number of ether oxygens (including phenoxy) is 2. The van der Waals surface area contributed by atoms with Gasteiger partial charge in [0.1, 0.15) is 23.6 Å². The van der Waals surface area contributed by atoms with Crippen LogP contribution in [0.15, 0.2) is 18.3 Å². The lowest BCUT2D eigenvalue weighted by molar-refractivity contribution is -0.330. The molecule has 5 rings (SSSR count). The van der Waals surface area contributed by atoms with Crippen molar-refractivity contribution in [1.29, 1.82) is 0 Å². The van der Waals surface area contributed by atoms with Crippen LogP contribution in [0.25, 0.3) is 5.65 Å². The zero-order valence-corrected chi connectivity index (χ0v) is 19.9. The second-order valence-corrected chi connectivity index (χ2v) is 9.59. The average Bonchev–Trinajstić information content (AvgIpc) is 3.19. The van der Waals surface area contributed by atoms with Crippen LogP contribution in [0.4, 0.5) is 42.9 Å². The number of halogens is 6. The Kier molecular flexibility index (Phi) is 6.61. The first kappa shape index (κ1) is 26.1. The summed E-state index contributed by atoms with van der Waals surface area (Å²) < 4.78 is 89.3. The van der Waals surface area contributed by atoms with Crippen LogP contribution in [0, 0.1) is 0 Å². The van der Waals surface area contributed by atoms with E-state index in [-0.39, 0.29) is 28.6 Å². The van der Waals surface area contributed by atoms with Crippen molar-refractivity contribution in [2.45, 2.75) is 75.7 Å². The molecular formula is C22H23F6N7O3. The van der Waals surface area contributed by atoms with Crippen LogP contribution in [0.2, 0.25) is 0 Å². The van der Waals surface area contributed by atoms with E-state index in [1.165, 1.54) is 10.5 Å². The normalized spacial score (nSPS) is 22.7. The number of hydrogen-bond acceptors (Lipinski definition) is 7. The molecule has 3 aromatic rings. The van der Waals surface area contributed by atoms with Crippen molar-refractivity contribution in [3.8, 4) is 0 Å². The van der Waals surface area contributed by atoms with Gasteiger partial charge in [0.05, 0.1) is 12.3 Å². The Morgan fingerprint density at radius 3 is 2.71 bits per heavy atom. The molecule has 0 aromatic carbocycles. The van der Waals surface area contributed by atoms with Crippen molar-refractivity contribution in [3.05, 3.63) is 35.4 Å². The van der Waals surface area contributed by atoms with Crippen molar-refractivity contribution >= 4 is 23.5 Å². The van der Waals surface area contributed by atoms with Crippen molar-refractivity contribution in [1.82, 2.24) is 29.9 Å². The maximum Gasteiger partial charge on any atom is 0.522 e. The SMILES string of the molecule is CC1(NC(=O)O[C@@H]2CC[C@H](c3cc(Nc4nc(C(F)F)cc5nc(COC(F)(F)F)cn45)n[nH]3)[C@H]2F)CC1. The third kappa shape index (κ3) is 5.79. The molecule has 3 aromatic heterocycles. The van der Waals surface area contributed by atoms with Crippen LogP contribution >= 0.6 is 0 Å². The zero-order valence-electron chi connectivity index (χ0n) is 19.9. The lowest BCUT2D eigenvalue weighted by atomic mass is 10.0. The van der Waals surface area contributed by atoms with Crippen LogP contribution in [0.1, 0.15) is 62.0 Å². The minimum Gasteiger partial charge on any atom is -0.443 e. The molecule has 3 heterocycles. The summed E-state index contributed by atoms with van der Waals surface area (Å²) in [5.41, 5.74) is -0.840. The quantitative estimate of drug-likeness (QED) is 0.339. The number of aromatic nitrogens is 5. The highest BCUT2D eigenvalue weighted by molar-refractivity contribution is 5.69. The Morgan fingerprint density at radius 1 is 1.26 bits per heavy atom. The molecule has 2 saturated carbocycles. The molecule has 0 saturated heterocycles. The molecule has 2 aliphatic rings.